The summed E-state index contributed by atoms with van der Waals surface area (Å²) in [5.74, 6) is -3.15. The number of rotatable bonds is 2. The number of carbonyl (C=O) groups excluding carboxylic acids is 1. The van der Waals surface area contributed by atoms with Gasteiger partial charge >= 0.3 is 12.1 Å². The van der Waals surface area contributed by atoms with Crippen molar-refractivity contribution < 1.29 is 29.7 Å². The summed E-state index contributed by atoms with van der Waals surface area (Å²) < 4.78 is 0. The highest BCUT2D eigenvalue weighted by molar-refractivity contribution is 6.09. The molecule has 1 saturated heterocycles. The third-order valence-electron chi connectivity index (χ3n) is 2.47. The minimum Gasteiger partial charge on any atom is -0.479 e. The van der Waals surface area contributed by atoms with Gasteiger partial charge in [-0.05, 0) is 6.42 Å². The number of likely N-dealkylation sites (tertiary alicyclic amines) is 1. The highest BCUT2D eigenvalue weighted by atomic mass is 16.4. The molecule has 2 amide bonds. The van der Waals surface area contributed by atoms with E-state index in [2.05, 4.69) is 0 Å². The molecule has 0 aromatic heterocycles. The lowest BCUT2D eigenvalue weighted by molar-refractivity contribution is -0.159. The Morgan fingerprint density at radius 3 is 2.13 bits per heavy atom. The van der Waals surface area contributed by atoms with Crippen LogP contribution in [0.3, 0.4) is 0 Å². The van der Waals surface area contributed by atoms with E-state index in [1.165, 1.54) is 0 Å². The molecule has 1 aliphatic heterocycles. The first-order valence-corrected chi connectivity index (χ1v) is 4.07. The number of nitrogens with two attached hydrogens (primary N) is 1. The molecule has 1 fully saturated rings. The van der Waals surface area contributed by atoms with Crippen molar-refractivity contribution >= 4 is 18.0 Å². The first-order chi connectivity index (χ1) is 6.85. The number of hydrogen-bond donors (Lipinski definition) is 4. The van der Waals surface area contributed by atoms with Gasteiger partial charge in [-0.15, -0.1) is 0 Å². The highest BCUT2D eigenvalue weighted by Gasteiger charge is 2.61. The Kier molecular flexibility index (Phi) is 2.54. The van der Waals surface area contributed by atoms with Crippen LogP contribution in [0.1, 0.15) is 6.42 Å². The zero-order valence-electron chi connectivity index (χ0n) is 7.58. The summed E-state index contributed by atoms with van der Waals surface area (Å²) in [6.07, 6.45) is -3.36. The van der Waals surface area contributed by atoms with Gasteiger partial charge in [-0.25, -0.2) is 9.59 Å². The average Bonchev–Trinajstić information content (AvgIpc) is 2.43. The van der Waals surface area contributed by atoms with Crippen LogP contribution in [0.25, 0.3) is 0 Å². The van der Waals surface area contributed by atoms with Crippen LogP contribution in [-0.4, -0.2) is 56.4 Å². The van der Waals surface area contributed by atoms with Gasteiger partial charge in [0.1, 0.15) is 0 Å². The lowest BCUT2D eigenvalue weighted by Crippen LogP contribution is -2.65. The Balaban J connectivity index is 3.28. The molecule has 0 saturated carbocycles. The monoisotopic (exact) mass is 218 g/mol. The molecule has 5 N–H and O–H groups in total. The maximum atomic E-state index is 11.1. The molecule has 2 atom stereocenters. The van der Waals surface area contributed by atoms with E-state index in [1.807, 2.05) is 0 Å². The number of hydrogen-bond acceptors (Lipinski definition) is 4. The van der Waals surface area contributed by atoms with Crippen LogP contribution in [0.4, 0.5) is 4.79 Å². The van der Waals surface area contributed by atoms with Crippen LogP contribution in [0, 0.1) is 0 Å². The predicted molar refractivity (Wildman–Crippen MR) is 44.9 cm³/mol. The second-order valence-corrected chi connectivity index (χ2v) is 3.17. The van der Waals surface area contributed by atoms with Gasteiger partial charge < -0.3 is 21.1 Å². The summed E-state index contributed by atoms with van der Waals surface area (Å²) in [4.78, 5) is 33.1. The molecule has 0 aromatic carbocycles. The molecular weight excluding hydrogens is 208 g/mol. The van der Waals surface area contributed by atoms with Crippen molar-refractivity contribution in [3.63, 3.8) is 0 Å². The number of aliphatic carboxylic acids is 1. The number of carbonyl (C=O) groups is 3. The molecule has 1 aliphatic rings. The van der Waals surface area contributed by atoms with E-state index in [4.69, 9.17) is 15.9 Å². The smallest absolute Gasteiger partial charge is 0.408 e. The topological polar surface area (TPSA) is 141 Å². The fraction of sp³-hybridized carbons (Fsp3) is 0.571. The molecule has 0 radical (unpaired) electrons. The van der Waals surface area contributed by atoms with E-state index >= 15 is 0 Å². The molecule has 84 valence electrons. The van der Waals surface area contributed by atoms with Gasteiger partial charge in [-0.2, -0.15) is 0 Å². The molecule has 0 aliphatic carbocycles. The van der Waals surface area contributed by atoms with Crippen LogP contribution in [0.2, 0.25) is 0 Å². The number of nitrogens with zero attached hydrogens (tertiary/aromatic N) is 1. The lowest BCUT2D eigenvalue weighted by atomic mass is 9.92. The van der Waals surface area contributed by atoms with Crippen molar-refractivity contribution in [1.82, 2.24) is 4.90 Å². The molecule has 15 heavy (non-hydrogen) atoms. The van der Waals surface area contributed by atoms with Crippen molar-refractivity contribution in [2.45, 2.75) is 18.1 Å². The molecule has 1 heterocycles. The quantitative estimate of drug-likeness (QED) is 0.396. The summed E-state index contributed by atoms with van der Waals surface area (Å²) in [7, 11) is 0. The number of primary amides is 1. The van der Waals surface area contributed by atoms with Crippen molar-refractivity contribution in [2.24, 2.45) is 5.73 Å². The normalized spacial score (nSPS) is 30.2. The van der Waals surface area contributed by atoms with Gasteiger partial charge in [-0.1, -0.05) is 0 Å². The zero-order chi connectivity index (χ0) is 11.8. The summed E-state index contributed by atoms with van der Waals surface area (Å²) in [6.45, 7) is -0.244. The van der Waals surface area contributed by atoms with Crippen LogP contribution in [0.5, 0.6) is 0 Å². The number of aliphatic hydroxyl groups is 1. The number of aliphatic hydroxyl groups excluding tert-OH is 1. The van der Waals surface area contributed by atoms with Crippen molar-refractivity contribution in [3.05, 3.63) is 0 Å². The summed E-state index contributed by atoms with van der Waals surface area (Å²) in [6, 6.07) is 0. The lowest BCUT2D eigenvalue weighted by Gasteiger charge is -2.31. The number of carboxylic acids is 1. The molecule has 8 heteroatoms. The maximum Gasteiger partial charge on any atom is 0.408 e. The van der Waals surface area contributed by atoms with Crippen LogP contribution < -0.4 is 5.73 Å². The molecule has 8 nitrogen and oxygen atoms in total. The average molecular weight is 218 g/mol. The Labute approximate surface area is 83.9 Å². The van der Waals surface area contributed by atoms with Crippen molar-refractivity contribution in [3.8, 4) is 0 Å². The largest absolute Gasteiger partial charge is 0.479 e. The van der Waals surface area contributed by atoms with Gasteiger partial charge in [-0.3, -0.25) is 9.69 Å². The first-order valence-electron chi connectivity index (χ1n) is 4.07. The van der Waals surface area contributed by atoms with Crippen molar-refractivity contribution in [2.75, 3.05) is 6.54 Å². The molecule has 0 unspecified atom stereocenters. The SMILES string of the molecule is NC(=O)[C@]1(C(=O)O)[C@@H](O)CCN1C(=O)O. The Morgan fingerprint density at radius 1 is 1.33 bits per heavy atom. The van der Waals surface area contributed by atoms with E-state index in [0.717, 1.165) is 0 Å². The molecule has 0 aromatic rings. The second-order valence-electron chi connectivity index (χ2n) is 3.17. The van der Waals surface area contributed by atoms with E-state index in [1.54, 1.807) is 0 Å². The molecule has 1 rings (SSSR count). The summed E-state index contributed by atoms with van der Waals surface area (Å²) in [5.41, 5.74) is 2.30. The van der Waals surface area contributed by atoms with Gasteiger partial charge in [0.05, 0.1) is 6.10 Å². The van der Waals surface area contributed by atoms with Crippen LogP contribution >= 0.6 is 0 Å². The van der Waals surface area contributed by atoms with Crippen LogP contribution in [0.15, 0.2) is 0 Å². The van der Waals surface area contributed by atoms with E-state index in [-0.39, 0.29) is 13.0 Å². The standard InChI is InChI=1S/C7H10N2O6/c8-4(11)7(5(12)13)3(10)1-2-9(7)6(14)15/h3,10H,1-2H2,(H2,8,11)(H,12,13)(H,14,15)/t3-,7-/m0/s1. The third-order valence-corrected chi connectivity index (χ3v) is 2.47. The number of amides is 2. The summed E-state index contributed by atoms with van der Waals surface area (Å²) in [5, 5.41) is 27.0. The van der Waals surface area contributed by atoms with E-state index in [9.17, 15) is 19.5 Å². The highest BCUT2D eigenvalue weighted by Crippen LogP contribution is 2.30. The number of carboxylic acid groups (broad SMARTS) is 2. The predicted octanol–water partition coefficient (Wildman–Crippen LogP) is -1.96. The summed E-state index contributed by atoms with van der Waals surface area (Å²) >= 11 is 0. The van der Waals surface area contributed by atoms with Crippen molar-refractivity contribution in [1.29, 1.82) is 0 Å². The Hall–Kier alpha value is -1.83. The van der Waals surface area contributed by atoms with E-state index in [0.29, 0.717) is 4.90 Å². The molecule has 0 spiro atoms. The van der Waals surface area contributed by atoms with Gasteiger partial charge in [0.2, 0.25) is 5.54 Å². The van der Waals surface area contributed by atoms with Gasteiger partial charge in [0.25, 0.3) is 5.91 Å². The molecule has 0 bridgehead atoms. The van der Waals surface area contributed by atoms with Gasteiger partial charge in [0, 0.05) is 6.54 Å². The first kappa shape index (κ1) is 11.2. The Bertz CT molecular complexity index is 313. The Morgan fingerprint density at radius 2 is 1.87 bits per heavy atom. The maximum absolute atomic E-state index is 11.1. The van der Waals surface area contributed by atoms with Crippen LogP contribution in [-0.2, 0) is 9.59 Å². The second kappa shape index (κ2) is 3.39. The van der Waals surface area contributed by atoms with Gasteiger partial charge in [0.15, 0.2) is 0 Å². The fourth-order valence-electron chi connectivity index (χ4n) is 1.72. The fourth-order valence-corrected chi connectivity index (χ4v) is 1.72. The minimum atomic E-state index is -2.56. The molecular formula is C7H10N2O6. The minimum absolute atomic E-state index is 0.137. The third kappa shape index (κ3) is 1.30. The zero-order valence-corrected chi connectivity index (χ0v) is 7.58. The van der Waals surface area contributed by atoms with E-state index < -0.39 is 29.6 Å².